The highest BCUT2D eigenvalue weighted by Gasteiger charge is 2.03. The standard InChI is InChI=1S/C6H10N2O/c7-4-5(8)6-2-1-3-9-6/h1-3,5H,4,7-8H2/t5-/m0/s1. The first-order chi connectivity index (χ1) is 4.34. The largest absolute Gasteiger partial charge is 0.468 e. The van der Waals surface area contributed by atoms with Crippen molar-refractivity contribution >= 4 is 0 Å². The predicted molar refractivity (Wildman–Crippen MR) is 34.7 cm³/mol. The average molecular weight is 126 g/mol. The van der Waals surface area contributed by atoms with E-state index in [0.717, 1.165) is 5.76 Å². The van der Waals surface area contributed by atoms with Gasteiger partial charge in [-0.15, -0.1) is 0 Å². The SMILES string of the molecule is NC[C@H](N)c1ccco1. The minimum atomic E-state index is -0.153. The molecule has 4 N–H and O–H groups in total. The molecule has 0 spiro atoms. The Balaban J connectivity index is 2.65. The van der Waals surface area contributed by atoms with Crippen LogP contribution >= 0.6 is 0 Å². The molecule has 0 aliphatic rings. The maximum Gasteiger partial charge on any atom is 0.121 e. The molecule has 0 aromatic carbocycles. The zero-order valence-corrected chi connectivity index (χ0v) is 5.08. The van der Waals surface area contributed by atoms with Crippen molar-refractivity contribution in [1.82, 2.24) is 0 Å². The molecule has 0 fully saturated rings. The number of hydrogen-bond acceptors (Lipinski definition) is 3. The van der Waals surface area contributed by atoms with Crippen LogP contribution < -0.4 is 11.5 Å². The van der Waals surface area contributed by atoms with E-state index in [-0.39, 0.29) is 6.04 Å². The Morgan fingerprint density at radius 3 is 2.89 bits per heavy atom. The van der Waals surface area contributed by atoms with E-state index in [4.69, 9.17) is 15.9 Å². The average Bonchev–Trinajstić information content (AvgIpc) is 2.37. The zero-order chi connectivity index (χ0) is 6.69. The smallest absolute Gasteiger partial charge is 0.121 e. The van der Waals surface area contributed by atoms with Gasteiger partial charge >= 0.3 is 0 Å². The van der Waals surface area contributed by atoms with Crippen molar-refractivity contribution in [2.45, 2.75) is 6.04 Å². The van der Waals surface area contributed by atoms with Gasteiger partial charge < -0.3 is 15.9 Å². The van der Waals surface area contributed by atoms with Crippen LogP contribution in [0.25, 0.3) is 0 Å². The molecule has 1 aromatic heterocycles. The summed E-state index contributed by atoms with van der Waals surface area (Å²) >= 11 is 0. The first-order valence-corrected chi connectivity index (χ1v) is 2.83. The van der Waals surface area contributed by atoms with Crippen LogP contribution in [0.5, 0.6) is 0 Å². The van der Waals surface area contributed by atoms with Gasteiger partial charge in [0.05, 0.1) is 12.3 Å². The highest BCUT2D eigenvalue weighted by Crippen LogP contribution is 2.07. The van der Waals surface area contributed by atoms with Crippen molar-refractivity contribution in [3.63, 3.8) is 0 Å². The summed E-state index contributed by atoms with van der Waals surface area (Å²) in [6, 6.07) is 3.46. The second-order valence-corrected chi connectivity index (χ2v) is 1.86. The molecule has 0 aliphatic heterocycles. The van der Waals surface area contributed by atoms with E-state index in [1.165, 1.54) is 0 Å². The third-order valence-corrected chi connectivity index (χ3v) is 1.16. The molecular formula is C6H10N2O. The van der Waals surface area contributed by atoms with Gasteiger partial charge in [-0.05, 0) is 12.1 Å². The molecule has 0 bridgehead atoms. The molecule has 1 atom stereocenters. The molecule has 0 aliphatic carbocycles. The van der Waals surface area contributed by atoms with Gasteiger partial charge in [0.15, 0.2) is 0 Å². The van der Waals surface area contributed by atoms with Gasteiger partial charge in [0, 0.05) is 6.54 Å². The summed E-state index contributed by atoms with van der Waals surface area (Å²) in [6.07, 6.45) is 1.59. The summed E-state index contributed by atoms with van der Waals surface area (Å²) in [6.45, 7) is 0.424. The third kappa shape index (κ3) is 1.31. The maximum absolute atomic E-state index is 5.52. The molecule has 0 unspecified atom stereocenters. The lowest BCUT2D eigenvalue weighted by Crippen LogP contribution is -2.19. The van der Waals surface area contributed by atoms with Gasteiger partial charge in [0.2, 0.25) is 0 Å². The maximum atomic E-state index is 5.52. The summed E-state index contributed by atoms with van der Waals surface area (Å²) < 4.78 is 4.98. The Labute approximate surface area is 53.6 Å². The van der Waals surface area contributed by atoms with Gasteiger partial charge in [0.1, 0.15) is 5.76 Å². The van der Waals surface area contributed by atoms with Crippen molar-refractivity contribution in [2.75, 3.05) is 6.54 Å². The van der Waals surface area contributed by atoms with Gasteiger partial charge in [0.25, 0.3) is 0 Å². The number of rotatable bonds is 2. The first-order valence-electron chi connectivity index (χ1n) is 2.83. The number of furan rings is 1. The van der Waals surface area contributed by atoms with Crippen LogP contribution in [-0.4, -0.2) is 6.54 Å². The van der Waals surface area contributed by atoms with E-state index in [1.807, 2.05) is 6.07 Å². The van der Waals surface area contributed by atoms with E-state index < -0.39 is 0 Å². The molecule has 50 valence electrons. The summed E-state index contributed by atoms with van der Waals surface area (Å²) in [4.78, 5) is 0. The summed E-state index contributed by atoms with van der Waals surface area (Å²) in [5.41, 5.74) is 10.8. The lowest BCUT2D eigenvalue weighted by molar-refractivity contribution is 0.469. The summed E-state index contributed by atoms with van der Waals surface area (Å²) in [5.74, 6) is 0.748. The predicted octanol–water partition coefficient (Wildman–Crippen LogP) is 0.238. The minimum absolute atomic E-state index is 0.153. The zero-order valence-electron chi connectivity index (χ0n) is 5.08. The Morgan fingerprint density at radius 1 is 1.67 bits per heavy atom. The molecule has 1 rings (SSSR count). The van der Waals surface area contributed by atoms with Crippen LogP contribution in [0, 0.1) is 0 Å². The number of hydrogen-bond donors (Lipinski definition) is 2. The molecule has 9 heavy (non-hydrogen) atoms. The first kappa shape index (κ1) is 6.32. The Bertz CT molecular complexity index is 160. The molecule has 1 aromatic rings. The number of nitrogens with two attached hydrogens (primary N) is 2. The van der Waals surface area contributed by atoms with E-state index in [9.17, 15) is 0 Å². The Kier molecular flexibility index (Phi) is 1.87. The van der Waals surface area contributed by atoms with Crippen molar-refractivity contribution in [3.05, 3.63) is 24.2 Å². The van der Waals surface area contributed by atoms with Crippen LogP contribution in [0.1, 0.15) is 11.8 Å². The van der Waals surface area contributed by atoms with Gasteiger partial charge in [-0.2, -0.15) is 0 Å². The van der Waals surface area contributed by atoms with Crippen LogP contribution in [0.2, 0.25) is 0 Å². The fraction of sp³-hybridized carbons (Fsp3) is 0.333. The van der Waals surface area contributed by atoms with E-state index in [0.29, 0.717) is 6.54 Å². The topological polar surface area (TPSA) is 65.2 Å². The van der Waals surface area contributed by atoms with Crippen LogP contribution in [-0.2, 0) is 0 Å². The fourth-order valence-electron chi connectivity index (χ4n) is 0.618. The highest BCUT2D eigenvalue weighted by molar-refractivity contribution is 5.03. The fourth-order valence-corrected chi connectivity index (χ4v) is 0.618. The highest BCUT2D eigenvalue weighted by atomic mass is 16.3. The quantitative estimate of drug-likeness (QED) is 0.596. The molecule has 3 nitrogen and oxygen atoms in total. The molecule has 0 saturated carbocycles. The van der Waals surface area contributed by atoms with E-state index >= 15 is 0 Å². The Hall–Kier alpha value is -0.800. The molecule has 1 heterocycles. The second kappa shape index (κ2) is 2.66. The van der Waals surface area contributed by atoms with Gasteiger partial charge in [-0.1, -0.05) is 0 Å². The van der Waals surface area contributed by atoms with Crippen LogP contribution in [0.3, 0.4) is 0 Å². The van der Waals surface area contributed by atoms with E-state index in [2.05, 4.69) is 0 Å². The Morgan fingerprint density at radius 2 is 2.44 bits per heavy atom. The molecule has 0 radical (unpaired) electrons. The van der Waals surface area contributed by atoms with Crippen molar-refractivity contribution in [1.29, 1.82) is 0 Å². The van der Waals surface area contributed by atoms with E-state index in [1.54, 1.807) is 12.3 Å². The van der Waals surface area contributed by atoms with Gasteiger partial charge in [-0.25, -0.2) is 0 Å². The normalized spacial score (nSPS) is 13.6. The lowest BCUT2D eigenvalue weighted by atomic mass is 10.2. The minimum Gasteiger partial charge on any atom is -0.468 e. The molecular weight excluding hydrogens is 116 g/mol. The van der Waals surface area contributed by atoms with Crippen LogP contribution in [0.15, 0.2) is 22.8 Å². The third-order valence-electron chi connectivity index (χ3n) is 1.16. The van der Waals surface area contributed by atoms with Crippen molar-refractivity contribution in [2.24, 2.45) is 11.5 Å². The van der Waals surface area contributed by atoms with Gasteiger partial charge in [-0.3, -0.25) is 0 Å². The second-order valence-electron chi connectivity index (χ2n) is 1.86. The molecule has 3 heteroatoms. The van der Waals surface area contributed by atoms with Crippen molar-refractivity contribution in [3.8, 4) is 0 Å². The van der Waals surface area contributed by atoms with Crippen LogP contribution in [0.4, 0.5) is 0 Å². The summed E-state index contributed by atoms with van der Waals surface area (Å²) in [5, 5.41) is 0. The summed E-state index contributed by atoms with van der Waals surface area (Å²) in [7, 11) is 0. The monoisotopic (exact) mass is 126 g/mol. The molecule has 0 amide bonds. The van der Waals surface area contributed by atoms with Crippen molar-refractivity contribution < 1.29 is 4.42 Å². The lowest BCUT2D eigenvalue weighted by Gasteiger charge is -2.01. The molecule has 0 saturated heterocycles.